The highest BCUT2D eigenvalue weighted by Gasteiger charge is 2.47. The van der Waals surface area contributed by atoms with E-state index in [-0.39, 0.29) is 5.75 Å². The second-order valence-electron chi connectivity index (χ2n) is 9.27. The third-order valence-electron chi connectivity index (χ3n) is 6.87. The molecule has 1 heterocycles. The number of fused-ring (bicyclic) bond motifs is 3. The van der Waals surface area contributed by atoms with Crippen LogP contribution in [0.1, 0.15) is 33.1 Å². The number of phenolic OH excluding ortho intramolecular Hbond substituents is 1. The van der Waals surface area contributed by atoms with Crippen LogP contribution < -0.4 is 9.22 Å². The third kappa shape index (κ3) is 3.76. The molecule has 0 radical (unpaired) electrons. The highest BCUT2D eigenvalue weighted by Crippen LogP contribution is 2.62. The lowest BCUT2D eigenvalue weighted by Gasteiger charge is -2.34. The minimum atomic E-state index is 0.267. The molecule has 0 aromatic heterocycles. The molecule has 0 spiro atoms. The largest absolute Gasteiger partial charge is 0.508 e. The van der Waals surface area contributed by atoms with Crippen LogP contribution in [0.4, 0.5) is 22.7 Å². The molecule has 1 aliphatic rings. The first-order chi connectivity index (χ1) is 16.6. The Morgan fingerprint density at radius 1 is 0.735 bits per heavy atom. The van der Waals surface area contributed by atoms with Crippen molar-refractivity contribution < 1.29 is 9.84 Å². The molecule has 3 nitrogen and oxygen atoms in total. The maximum atomic E-state index is 10.0. The lowest BCUT2D eigenvalue weighted by molar-refractivity contribution is 0.249. The van der Waals surface area contributed by atoms with E-state index in [1.165, 1.54) is 41.8 Å². The number of hydrogen-bond acceptors (Lipinski definition) is 2. The molecule has 0 aliphatic carbocycles. The van der Waals surface area contributed by atoms with Gasteiger partial charge < -0.3 is 9.84 Å². The molecule has 3 heteroatoms. The van der Waals surface area contributed by atoms with Crippen LogP contribution in [0, 0.1) is 5.92 Å². The predicted molar refractivity (Wildman–Crippen MR) is 141 cm³/mol. The molecular weight excluding hydrogens is 418 g/mol. The predicted octanol–water partition coefficient (Wildman–Crippen LogP) is 8.88. The summed E-state index contributed by atoms with van der Waals surface area (Å²) in [5.41, 5.74) is 7.09. The van der Waals surface area contributed by atoms with E-state index in [0.29, 0.717) is 10.4 Å². The van der Waals surface area contributed by atoms with E-state index in [4.69, 9.17) is 4.74 Å². The fourth-order valence-corrected chi connectivity index (χ4v) is 5.14. The SMILES string of the molecule is CCCCC(C)COc1ccc([N+]2(c3ccc(O)cc3)c3ccccc3-c3ccccc32)cc1. The van der Waals surface area contributed by atoms with Crippen LogP contribution in [0.15, 0.2) is 97.1 Å². The van der Waals surface area contributed by atoms with Gasteiger partial charge in [-0.1, -0.05) is 51.0 Å². The molecule has 1 atom stereocenters. The van der Waals surface area contributed by atoms with E-state index in [9.17, 15) is 5.11 Å². The minimum Gasteiger partial charge on any atom is -0.508 e. The van der Waals surface area contributed by atoms with Gasteiger partial charge in [-0.15, -0.1) is 0 Å². The van der Waals surface area contributed by atoms with Crippen molar-refractivity contribution in [3.8, 4) is 22.6 Å². The van der Waals surface area contributed by atoms with Gasteiger partial charge in [-0.05, 0) is 48.7 Å². The summed E-state index contributed by atoms with van der Waals surface area (Å²) in [6.45, 7) is 5.23. The van der Waals surface area contributed by atoms with Crippen molar-refractivity contribution >= 4 is 22.7 Å². The van der Waals surface area contributed by atoms with Gasteiger partial charge in [-0.25, -0.2) is 0 Å². The zero-order valence-electron chi connectivity index (χ0n) is 19.9. The summed E-state index contributed by atoms with van der Waals surface area (Å²) in [5.74, 6) is 1.72. The fourth-order valence-electron chi connectivity index (χ4n) is 5.14. The summed E-state index contributed by atoms with van der Waals surface area (Å²) in [5, 5.41) is 10.0. The second kappa shape index (κ2) is 9.36. The van der Waals surface area contributed by atoms with Gasteiger partial charge in [0.1, 0.15) is 22.9 Å². The molecule has 172 valence electrons. The van der Waals surface area contributed by atoms with Crippen LogP contribution in [-0.4, -0.2) is 11.7 Å². The lowest BCUT2D eigenvalue weighted by Crippen LogP contribution is -2.31. The summed E-state index contributed by atoms with van der Waals surface area (Å²) in [6.07, 6.45) is 3.66. The van der Waals surface area contributed by atoms with Gasteiger partial charge in [-0.2, -0.15) is 4.48 Å². The van der Waals surface area contributed by atoms with Gasteiger partial charge in [0.25, 0.3) is 0 Å². The Kier molecular flexibility index (Phi) is 6.12. The van der Waals surface area contributed by atoms with Crippen molar-refractivity contribution in [3.63, 3.8) is 0 Å². The molecule has 0 saturated heterocycles. The first-order valence-corrected chi connectivity index (χ1v) is 12.3. The summed E-state index contributed by atoms with van der Waals surface area (Å²) in [7, 11) is 0. The average Bonchev–Trinajstić information content (AvgIpc) is 3.18. The monoisotopic (exact) mass is 450 g/mol. The number of benzene rings is 4. The third-order valence-corrected chi connectivity index (χ3v) is 6.87. The normalized spacial score (nSPS) is 14.3. The van der Waals surface area contributed by atoms with Crippen molar-refractivity contribution in [2.24, 2.45) is 5.92 Å². The molecule has 0 saturated carbocycles. The summed E-state index contributed by atoms with van der Waals surface area (Å²) in [4.78, 5) is 0. The first kappa shape index (κ1) is 22.2. The molecule has 0 fully saturated rings. The highest BCUT2D eigenvalue weighted by atomic mass is 16.5. The van der Waals surface area contributed by atoms with E-state index in [1.54, 1.807) is 12.1 Å². The average molecular weight is 451 g/mol. The van der Waals surface area contributed by atoms with Crippen molar-refractivity contribution in [3.05, 3.63) is 97.1 Å². The molecular formula is C31H32NO2+. The highest BCUT2D eigenvalue weighted by molar-refractivity contribution is 6.02. The van der Waals surface area contributed by atoms with Gasteiger partial charge in [0.05, 0.1) is 17.7 Å². The number of hydrogen-bond donors (Lipinski definition) is 1. The minimum absolute atomic E-state index is 0.267. The summed E-state index contributed by atoms with van der Waals surface area (Å²) in [6, 6.07) is 33.3. The Balaban J connectivity index is 1.60. The van der Waals surface area contributed by atoms with Crippen LogP contribution in [-0.2, 0) is 0 Å². The molecule has 5 rings (SSSR count). The first-order valence-electron chi connectivity index (χ1n) is 12.3. The molecule has 0 amide bonds. The van der Waals surface area contributed by atoms with Gasteiger partial charge in [0, 0.05) is 36.4 Å². The van der Waals surface area contributed by atoms with E-state index in [0.717, 1.165) is 23.7 Å². The van der Waals surface area contributed by atoms with E-state index < -0.39 is 0 Å². The number of ether oxygens (including phenoxy) is 1. The fraction of sp³-hybridized carbons (Fsp3) is 0.226. The Bertz CT molecular complexity index is 1220. The Labute approximate surface area is 202 Å². The molecule has 34 heavy (non-hydrogen) atoms. The lowest BCUT2D eigenvalue weighted by atomic mass is 10.1. The van der Waals surface area contributed by atoms with E-state index in [2.05, 4.69) is 86.6 Å². The zero-order chi connectivity index (χ0) is 23.5. The van der Waals surface area contributed by atoms with Crippen LogP contribution in [0.5, 0.6) is 11.5 Å². The molecule has 4 aromatic carbocycles. The van der Waals surface area contributed by atoms with Crippen LogP contribution in [0.3, 0.4) is 0 Å². The van der Waals surface area contributed by atoms with Crippen molar-refractivity contribution in [1.29, 1.82) is 0 Å². The van der Waals surface area contributed by atoms with Crippen molar-refractivity contribution in [2.75, 3.05) is 6.61 Å². The number of unbranched alkanes of at least 4 members (excludes halogenated alkanes) is 1. The Morgan fingerprint density at radius 3 is 1.82 bits per heavy atom. The number of rotatable bonds is 8. The van der Waals surface area contributed by atoms with E-state index in [1.807, 2.05) is 12.1 Å². The van der Waals surface area contributed by atoms with Gasteiger partial charge in [0.15, 0.2) is 11.4 Å². The topological polar surface area (TPSA) is 29.5 Å². The van der Waals surface area contributed by atoms with Gasteiger partial charge >= 0.3 is 0 Å². The van der Waals surface area contributed by atoms with Crippen LogP contribution in [0.25, 0.3) is 11.1 Å². The molecule has 1 N–H and O–H groups in total. The molecule has 1 aliphatic heterocycles. The molecule has 0 bridgehead atoms. The summed E-state index contributed by atoms with van der Waals surface area (Å²) >= 11 is 0. The quantitative estimate of drug-likeness (QED) is 0.239. The van der Waals surface area contributed by atoms with Gasteiger partial charge in [0.2, 0.25) is 0 Å². The second-order valence-corrected chi connectivity index (χ2v) is 9.27. The van der Waals surface area contributed by atoms with Gasteiger partial charge in [-0.3, -0.25) is 0 Å². The van der Waals surface area contributed by atoms with Crippen LogP contribution >= 0.6 is 0 Å². The zero-order valence-corrected chi connectivity index (χ0v) is 19.9. The number of aromatic hydroxyl groups is 1. The number of quaternary nitrogens is 1. The van der Waals surface area contributed by atoms with Crippen molar-refractivity contribution in [1.82, 2.24) is 4.48 Å². The standard InChI is InChI=1S/C31H31NO2/c1-3-4-9-23(2)22-34-27-20-16-25(17-21-27)32(24-14-18-26(33)19-15-24)30-12-7-5-10-28(30)29-11-6-8-13-31(29)32/h5-8,10-21,23H,3-4,9,22H2,1-2H3/p+1. The Morgan fingerprint density at radius 2 is 1.26 bits per heavy atom. The summed E-state index contributed by atoms with van der Waals surface area (Å²) < 4.78 is 6.61. The Hall–Kier alpha value is -3.56. The molecule has 1 unspecified atom stereocenters. The smallest absolute Gasteiger partial charge is 0.156 e. The van der Waals surface area contributed by atoms with Crippen molar-refractivity contribution in [2.45, 2.75) is 33.1 Å². The maximum Gasteiger partial charge on any atom is 0.156 e. The maximum absolute atomic E-state index is 10.0. The van der Waals surface area contributed by atoms with E-state index >= 15 is 0 Å². The molecule has 4 aromatic rings. The number of phenols is 1. The number of nitrogens with zero attached hydrogens (tertiary/aromatic N) is 1. The van der Waals surface area contributed by atoms with Crippen LogP contribution in [0.2, 0.25) is 0 Å². The number of para-hydroxylation sites is 2.